The number of rotatable bonds is 2. The van der Waals surface area contributed by atoms with Crippen molar-refractivity contribution in [3.63, 3.8) is 0 Å². The Morgan fingerprint density at radius 2 is 1.82 bits per heavy atom. The van der Waals surface area contributed by atoms with E-state index in [1.807, 2.05) is 30.3 Å². The smallest absolute Gasteiger partial charge is 0.163 e. The van der Waals surface area contributed by atoms with Crippen LogP contribution < -0.4 is 5.73 Å². The van der Waals surface area contributed by atoms with E-state index in [4.69, 9.17) is 5.73 Å². The average molecular weight is 227 g/mol. The van der Waals surface area contributed by atoms with Gasteiger partial charge in [0.25, 0.3) is 0 Å². The van der Waals surface area contributed by atoms with Crippen molar-refractivity contribution in [3.05, 3.63) is 41.6 Å². The highest BCUT2D eigenvalue weighted by atomic mass is 16.1. The molecule has 0 radical (unpaired) electrons. The largest absolute Gasteiger partial charge is 0.396 e. The molecule has 1 aromatic carbocycles. The molecule has 0 saturated carbocycles. The van der Waals surface area contributed by atoms with Gasteiger partial charge in [0.2, 0.25) is 0 Å². The third kappa shape index (κ3) is 2.01. The van der Waals surface area contributed by atoms with Crippen LogP contribution in [0.3, 0.4) is 0 Å². The molecular formula is C13H13N3O. The highest BCUT2D eigenvalue weighted by Crippen LogP contribution is 2.27. The van der Waals surface area contributed by atoms with Crippen LogP contribution in [0.15, 0.2) is 30.3 Å². The summed E-state index contributed by atoms with van der Waals surface area (Å²) in [7, 11) is 0. The zero-order chi connectivity index (χ0) is 12.4. The number of anilines is 1. The molecule has 4 nitrogen and oxygen atoms in total. The second kappa shape index (κ2) is 4.33. The van der Waals surface area contributed by atoms with E-state index in [0.717, 1.165) is 5.56 Å². The monoisotopic (exact) mass is 227 g/mol. The molecule has 0 aliphatic rings. The van der Waals surface area contributed by atoms with E-state index < -0.39 is 0 Å². The van der Waals surface area contributed by atoms with E-state index in [9.17, 15) is 4.79 Å². The number of aryl methyl sites for hydroxylation is 1. The molecule has 2 aromatic rings. The highest BCUT2D eigenvalue weighted by molar-refractivity contribution is 6.02. The predicted octanol–water partition coefficient (Wildman–Crippen LogP) is 2.24. The van der Waals surface area contributed by atoms with E-state index in [2.05, 4.69) is 10.2 Å². The molecule has 0 saturated heterocycles. The zero-order valence-electron chi connectivity index (χ0n) is 9.77. The first kappa shape index (κ1) is 11.3. The van der Waals surface area contributed by atoms with Crippen molar-refractivity contribution in [1.82, 2.24) is 10.2 Å². The first-order chi connectivity index (χ1) is 8.11. The van der Waals surface area contributed by atoms with Gasteiger partial charge in [0.05, 0.1) is 16.9 Å². The lowest BCUT2D eigenvalue weighted by atomic mass is 10.0. The molecule has 86 valence electrons. The van der Waals surface area contributed by atoms with Crippen molar-refractivity contribution in [3.8, 4) is 11.3 Å². The molecule has 1 aromatic heterocycles. The molecule has 0 atom stereocenters. The van der Waals surface area contributed by atoms with Gasteiger partial charge in [-0.25, -0.2) is 0 Å². The second-order valence-electron chi connectivity index (χ2n) is 3.84. The highest BCUT2D eigenvalue weighted by Gasteiger charge is 2.15. The first-order valence-electron chi connectivity index (χ1n) is 5.30. The number of benzene rings is 1. The molecule has 0 aliphatic heterocycles. The molecule has 0 unspecified atom stereocenters. The molecule has 0 amide bonds. The van der Waals surface area contributed by atoms with Crippen LogP contribution in [-0.2, 0) is 0 Å². The molecule has 0 bridgehead atoms. The lowest BCUT2D eigenvalue weighted by molar-refractivity contribution is 0.101. The van der Waals surface area contributed by atoms with Crippen molar-refractivity contribution < 1.29 is 4.79 Å². The number of nitrogen functional groups attached to an aromatic ring is 1. The van der Waals surface area contributed by atoms with Gasteiger partial charge in [-0.1, -0.05) is 30.3 Å². The second-order valence-corrected chi connectivity index (χ2v) is 3.84. The normalized spacial score (nSPS) is 10.2. The third-order valence-corrected chi connectivity index (χ3v) is 2.59. The lowest BCUT2D eigenvalue weighted by Gasteiger charge is -2.09. The first-order valence-corrected chi connectivity index (χ1v) is 5.30. The molecule has 1 heterocycles. The van der Waals surface area contributed by atoms with E-state index in [1.54, 1.807) is 6.92 Å². The molecule has 0 fully saturated rings. The van der Waals surface area contributed by atoms with Crippen molar-refractivity contribution in [1.29, 1.82) is 0 Å². The van der Waals surface area contributed by atoms with E-state index in [-0.39, 0.29) is 5.78 Å². The Bertz CT molecular complexity index is 564. The minimum absolute atomic E-state index is 0.0907. The summed E-state index contributed by atoms with van der Waals surface area (Å²) < 4.78 is 0. The standard InChI is InChI=1S/C13H13N3O/c1-8-11(9(2)17)12(14)13(16-15-8)10-6-4-3-5-7-10/h3-7H,1-2H3,(H2,14,15). The lowest BCUT2D eigenvalue weighted by Crippen LogP contribution is -2.08. The number of nitrogens with zero attached hydrogens (tertiary/aromatic N) is 2. The third-order valence-electron chi connectivity index (χ3n) is 2.59. The van der Waals surface area contributed by atoms with Gasteiger partial charge in [0.1, 0.15) is 5.69 Å². The van der Waals surface area contributed by atoms with Crippen LogP contribution in [0.4, 0.5) is 5.69 Å². The van der Waals surface area contributed by atoms with Crippen LogP contribution >= 0.6 is 0 Å². The van der Waals surface area contributed by atoms with Gasteiger partial charge in [-0.3, -0.25) is 4.79 Å². The van der Waals surface area contributed by atoms with Gasteiger partial charge in [0.15, 0.2) is 5.78 Å². The Morgan fingerprint density at radius 3 is 2.41 bits per heavy atom. The summed E-state index contributed by atoms with van der Waals surface area (Å²) in [5, 5.41) is 8.05. The zero-order valence-corrected chi connectivity index (χ0v) is 9.77. The summed E-state index contributed by atoms with van der Waals surface area (Å²) in [6.07, 6.45) is 0. The maximum absolute atomic E-state index is 11.5. The van der Waals surface area contributed by atoms with Crippen molar-refractivity contribution >= 4 is 11.5 Å². The average Bonchev–Trinajstić information content (AvgIpc) is 2.30. The van der Waals surface area contributed by atoms with E-state index in [0.29, 0.717) is 22.6 Å². The van der Waals surface area contributed by atoms with E-state index >= 15 is 0 Å². The summed E-state index contributed by atoms with van der Waals surface area (Å²) in [6.45, 7) is 3.21. The fourth-order valence-corrected chi connectivity index (χ4v) is 1.80. The molecule has 17 heavy (non-hydrogen) atoms. The number of aromatic nitrogens is 2. The molecule has 4 heteroatoms. The van der Waals surface area contributed by atoms with Crippen LogP contribution in [0.5, 0.6) is 0 Å². The number of hydrogen-bond donors (Lipinski definition) is 1. The molecular weight excluding hydrogens is 214 g/mol. The summed E-state index contributed by atoms with van der Waals surface area (Å²) in [5.41, 5.74) is 8.83. The van der Waals surface area contributed by atoms with Crippen LogP contribution in [0.25, 0.3) is 11.3 Å². The van der Waals surface area contributed by atoms with Gasteiger partial charge in [-0.15, -0.1) is 5.10 Å². The molecule has 2 N–H and O–H groups in total. The van der Waals surface area contributed by atoms with Gasteiger partial charge in [0, 0.05) is 5.56 Å². The van der Waals surface area contributed by atoms with Gasteiger partial charge < -0.3 is 5.73 Å². The Morgan fingerprint density at radius 1 is 1.18 bits per heavy atom. The molecule has 2 rings (SSSR count). The minimum atomic E-state index is -0.0907. The van der Waals surface area contributed by atoms with Crippen LogP contribution in [-0.4, -0.2) is 16.0 Å². The van der Waals surface area contributed by atoms with Crippen molar-refractivity contribution in [2.45, 2.75) is 13.8 Å². The minimum Gasteiger partial charge on any atom is -0.396 e. The van der Waals surface area contributed by atoms with Gasteiger partial charge in [-0.05, 0) is 13.8 Å². The van der Waals surface area contributed by atoms with Crippen LogP contribution in [0.1, 0.15) is 23.0 Å². The number of Topliss-reactive ketones (excluding diaryl/α,β-unsaturated/α-hetero) is 1. The molecule has 0 spiro atoms. The van der Waals surface area contributed by atoms with Crippen LogP contribution in [0.2, 0.25) is 0 Å². The predicted molar refractivity (Wildman–Crippen MR) is 66.6 cm³/mol. The number of carbonyl (C=O) groups is 1. The summed E-state index contributed by atoms with van der Waals surface area (Å²) in [5.74, 6) is -0.0907. The fourth-order valence-electron chi connectivity index (χ4n) is 1.80. The van der Waals surface area contributed by atoms with Gasteiger partial charge >= 0.3 is 0 Å². The van der Waals surface area contributed by atoms with Gasteiger partial charge in [-0.2, -0.15) is 5.10 Å². The quantitative estimate of drug-likeness (QED) is 0.799. The van der Waals surface area contributed by atoms with Crippen molar-refractivity contribution in [2.24, 2.45) is 0 Å². The Balaban J connectivity index is 2.66. The van der Waals surface area contributed by atoms with Crippen LogP contribution in [0, 0.1) is 6.92 Å². The SMILES string of the molecule is CC(=O)c1c(C)nnc(-c2ccccc2)c1N. The summed E-state index contributed by atoms with van der Waals surface area (Å²) in [4.78, 5) is 11.5. The topological polar surface area (TPSA) is 68.9 Å². The number of carbonyl (C=O) groups excluding carboxylic acids is 1. The number of nitrogens with two attached hydrogens (primary N) is 1. The molecule has 0 aliphatic carbocycles. The summed E-state index contributed by atoms with van der Waals surface area (Å²) in [6, 6.07) is 9.47. The number of ketones is 1. The Kier molecular flexibility index (Phi) is 2.87. The maximum atomic E-state index is 11.5. The van der Waals surface area contributed by atoms with E-state index in [1.165, 1.54) is 6.92 Å². The Hall–Kier alpha value is -2.23. The number of hydrogen-bond acceptors (Lipinski definition) is 4. The summed E-state index contributed by atoms with van der Waals surface area (Å²) >= 11 is 0. The van der Waals surface area contributed by atoms with Crippen molar-refractivity contribution in [2.75, 3.05) is 5.73 Å². The Labute approximate surface area is 99.5 Å². The fraction of sp³-hybridized carbons (Fsp3) is 0.154. The maximum Gasteiger partial charge on any atom is 0.163 e.